The van der Waals surface area contributed by atoms with Crippen LogP contribution in [0.1, 0.15) is 53.1 Å². The first-order valence-electron chi connectivity index (χ1n) is 9.34. The third kappa shape index (κ3) is 4.28. The van der Waals surface area contributed by atoms with Gasteiger partial charge in [0.05, 0.1) is 17.7 Å². The van der Waals surface area contributed by atoms with Crippen molar-refractivity contribution in [1.82, 2.24) is 19.7 Å². The van der Waals surface area contributed by atoms with Crippen LogP contribution >= 0.6 is 22.9 Å². The molecule has 0 bridgehead atoms. The van der Waals surface area contributed by atoms with E-state index in [4.69, 9.17) is 16.3 Å². The van der Waals surface area contributed by atoms with Gasteiger partial charge in [-0.2, -0.15) is 5.10 Å². The standard InChI is InChI=1S/C20H23ClN4O3S/c1-6-28-20(27)16-11(4)15-18(26)22-14(23-19(15)29-16)8-7-13-12(5)24-25(17(13)21)9-10(2)3/h7-8,10H,6,9H2,1-5H3,(H,22,23,26)/b8-7+. The Morgan fingerprint density at radius 1 is 1.34 bits per heavy atom. The molecule has 9 heteroatoms. The topological polar surface area (TPSA) is 89.9 Å². The lowest BCUT2D eigenvalue weighted by Crippen LogP contribution is -2.10. The quantitative estimate of drug-likeness (QED) is 0.578. The number of rotatable bonds is 6. The first-order valence-corrected chi connectivity index (χ1v) is 10.5. The molecular formula is C20H23ClN4O3S. The van der Waals surface area contributed by atoms with Crippen molar-refractivity contribution in [2.24, 2.45) is 5.92 Å². The maximum absolute atomic E-state index is 12.6. The zero-order valence-electron chi connectivity index (χ0n) is 17.0. The van der Waals surface area contributed by atoms with Gasteiger partial charge in [0.15, 0.2) is 0 Å². The first kappa shape index (κ1) is 21.3. The summed E-state index contributed by atoms with van der Waals surface area (Å²) in [5, 5.41) is 5.43. The number of aromatic amines is 1. The summed E-state index contributed by atoms with van der Waals surface area (Å²) >= 11 is 7.62. The summed E-state index contributed by atoms with van der Waals surface area (Å²) in [6.07, 6.45) is 3.48. The van der Waals surface area contributed by atoms with Crippen molar-refractivity contribution in [2.45, 2.75) is 41.2 Å². The van der Waals surface area contributed by atoms with Gasteiger partial charge in [0.1, 0.15) is 20.7 Å². The number of carbonyl (C=O) groups excluding carboxylic acids is 1. The second kappa shape index (κ2) is 8.51. The van der Waals surface area contributed by atoms with E-state index in [9.17, 15) is 9.59 Å². The van der Waals surface area contributed by atoms with Gasteiger partial charge in [-0.1, -0.05) is 25.4 Å². The molecule has 0 aliphatic carbocycles. The highest BCUT2D eigenvalue weighted by atomic mass is 35.5. The van der Waals surface area contributed by atoms with Gasteiger partial charge in [0.2, 0.25) is 0 Å². The number of H-pyrrole nitrogens is 1. The predicted molar refractivity (Wildman–Crippen MR) is 117 cm³/mol. The predicted octanol–water partition coefficient (Wildman–Crippen LogP) is 4.45. The van der Waals surface area contributed by atoms with E-state index in [1.54, 1.807) is 30.7 Å². The lowest BCUT2D eigenvalue weighted by Gasteiger charge is -2.05. The number of nitrogens with zero attached hydrogens (tertiary/aromatic N) is 3. The van der Waals surface area contributed by atoms with Crippen molar-refractivity contribution in [3.8, 4) is 0 Å². The number of halogens is 1. The summed E-state index contributed by atoms with van der Waals surface area (Å²) in [7, 11) is 0. The van der Waals surface area contributed by atoms with Gasteiger partial charge in [0, 0.05) is 12.1 Å². The molecule has 0 amide bonds. The lowest BCUT2D eigenvalue weighted by molar-refractivity contribution is 0.0531. The van der Waals surface area contributed by atoms with Crippen LogP contribution in [0, 0.1) is 19.8 Å². The second-order valence-electron chi connectivity index (χ2n) is 7.11. The van der Waals surface area contributed by atoms with E-state index < -0.39 is 5.97 Å². The van der Waals surface area contributed by atoms with E-state index in [-0.39, 0.29) is 12.2 Å². The Morgan fingerprint density at radius 3 is 2.72 bits per heavy atom. The number of aryl methyl sites for hydroxylation is 2. The van der Waals surface area contributed by atoms with Gasteiger partial charge < -0.3 is 9.72 Å². The summed E-state index contributed by atoms with van der Waals surface area (Å²) in [5.41, 5.74) is 1.87. The fourth-order valence-electron chi connectivity index (χ4n) is 3.02. The van der Waals surface area contributed by atoms with Crippen molar-refractivity contribution in [1.29, 1.82) is 0 Å². The molecule has 29 heavy (non-hydrogen) atoms. The molecule has 0 aromatic carbocycles. The molecule has 0 spiro atoms. The molecule has 0 unspecified atom stereocenters. The van der Waals surface area contributed by atoms with Crippen LogP contribution in [0.5, 0.6) is 0 Å². The van der Waals surface area contributed by atoms with Crippen molar-refractivity contribution >= 4 is 51.3 Å². The molecule has 0 saturated heterocycles. The van der Waals surface area contributed by atoms with Crippen LogP contribution in [0.25, 0.3) is 22.4 Å². The van der Waals surface area contributed by atoms with Gasteiger partial charge in [-0.05, 0) is 44.4 Å². The summed E-state index contributed by atoms with van der Waals surface area (Å²) in [4.78, 5) is 32.8. The van der Waals surface area contributed by atoms with Crippen molar-refractivity contribution in [3.63, 3.8) is 0 Å². The van der Waals surface area contributed by atoms with Gasteiger partial charge in [-0.15, -0.1) is 11.3 Å². The van der Waals surface area contributed by atoms with Crippen LogP contribution in [0.2, 0.25) is 5.15 Å². The third-order valence-electron chi connectivity index (χ3n) is 4.34. The normalized spacial score (nSPS) is 11.8. The summed E-state index contributed by atoms with van der Waals surface area (Å²) in [6.45, 7) is 10.5. The Morgan fingerprint density at radius 2 is 2.07 bits per heavy atom. The molecule has 3 aromatic heterocycles. The minimum atomic E-state index is -0.440. The maximum atomic E-state index is 12.6. The highest BCUT2D eigenvalue weighted by Gasteiger charge is 2.20. The van der Waals surface area contributed by atoms with Gasteiger partial charge >= 0.3 is 5.97 Å². The zero-order valence-corrected chi connectivity index (χ0v) is 18.6. The Hall–Kier alpha value is -2.45. The number of fused-ring (bicyclic) bond motifs is 1. The van der Waals surface area contributed by atoms with Crippen molar-refractivity contribution < 1.29 is 9.53 Å². The van der Waals surface area contributed by atoms with Crippen LogP contribution in [0.3, 0.4) is 0 Å². The molecule has 3 heterocycles. The molecule has 0 saturated carbocycles. The average molecular weight is 435 g/mol. The monoisotopic (exact) mass is 434 g/mol. The zero-order chi connectivity index (χ0) is 21.3. The highest BCUT2D eigenvalue weighted by Crippen LogP contribution is 2.28. The largest absolute Gasteiger partial charge is 0.462 e. The van der Waals surface area contributed by atoms with E-state index in [1.165, 1.54) is 0 Å². The molecule has 0 aliphatic rings. The molecule has 0 aliphatic heterocycles. The molecule has 1 N–H and O–H groups in total. The number of hydrogen-bond donors (Lipinski definition) is 1. The number of thiophene rings is 1. The molecule has 0 fully saturated rings. The number of nitrogens with one attached hydrogen (secondary N) is 1. The minimum Gasteiger partial charge on any atom is -0.462 e. The van der Waals surface area contributed by atoms with Crippen LogP contribution in [-0.2, 0) is 11.3 Å². The van der Waals surface area contributed by atoms with Crippen LogP contribution < -0.4 is 5.56 Å². The smallest absolute Gasteiger partial charge is 0.348 e. The van der Waals surface area contributed by atoms with E-state index in [0.717, 1.165) is 29.1 Å². The number of aromatic nitrogens is 4. The van der Waals surface area contributed by atoms with Gasteiger partial charge in [-0.25, -0.2) is 9.78 Å². The SMILES string of the molecule is CCOC(=O)c1sc2nc(/C=C/c3c(C)nn(CC(C)C)c3Cl)[nH]c(=O)c2c1C. The molecule has 3 aromatic rings. The van der Waals surface area contributed by atoms with Gasteiger partial charge in [-0.3, -0.25) is 9.48 Å². The number of ether oxygens (including phenoxy) is 1. The number of esters is 1. The minimum absolute atomic E-state index is 0.273. The summed E-state index contributed by atoms with van der Waals surface area (Å²) < 4.78 is 6.84. The Balaban J connectivity index is 1.99. The van der Waals surface area contributed by atoms with Gasteiger partial charge in [0.25, 0.3) is 5.56 Å². The number of carbonyl (C=O) groups is 1. The summed E-state index contributed by atoms with van der Waals surface area (Å²) in [6, 6.07) is 0. The molecule has 0 radical (unpaired) electrons. The van der Waals surface area contributed by atoms with E-state index in [2.05, 4.69) is 28.9 Å². The van der Waals surface area contributed by atoms with Crippen molar-refractivity contribution in [3.05, 3.63) is 43.0 Å². The lowest BCUT2D eigenvalue weighted by atomic mass is 10.2. The van der Waals surface area contributed by atoms with Crippen LogP contribution in [0.4, 0.5) is 0 Å². The fraction of sp³-hybridized carbons (Fsp3) is 0.400. The maximum Gasteiger partial charge on any atom is 0.348 e. The molecule has 154 valence electrons. The van der Waals surface area contributed by atoms with E-state index in [0.29, 0.717) is 37.6 Å². The van der Waals surface area contributed by atoms with Crippen molar-refractivity contribution in [2.75, 3.05) is 6.61 Å². The molecule has 7 nitrogen and oxygen atoms in total. The first-order chi connectivity index (χ1) is 13.7. The Bertz CT molecular complexity index is 1160. The Labute approximate surface area is 177 Å². The molecule has 3 rings (SSSR count). The molecule has 0 atom stereocenters. The fourth-order valence-corrected chi connectivity index (χ4v) is 4.41. The Kier molecular flexibility index (Phi) is 6.24. The third-order valence-corrected chi connectivity index (χ3v) is 5.90. The van der Waals surface area contributed by atoms with Crippen LogP contribution in [-0.4, -0.2) is 32.3 Å². The molecular weight excluding hydrogens is 412 g/mol. The van der Waals surface area contributed by atoms with Crippen LogP contribution in [0.15, 0.2) is 4.79 Å². The second-order valence-corrected chi connectivity index (χ2v) is 8.46. The van der Waals surface area contributed by atoms with E-state index in [1.807, 2.05) is 6.92 Å². The average Bonchev–Trinajstić information content (AvgIpc) is 3.10. The summed E-state index contributed by atoms with van der Waals surface area (Å²) in [5.74, 6) is 0.357. The number of hydrogen-bond acceptors (Lipinski definition) is 6. The van der Waals surface area contributed by atoms with E-state index >= 15 is 0 Å². The highest BCUT2D eigenvalue weighted by molar-refractivity contribution is 7.20.